The fourth-order valence-corrected chi connectivity index (χ4v) is 2.54. The summed E-state index contributed by atoms with van der Waals surface area (Å²) in [6.45, 7) is 3.01. The van der Waals surface area contributed by atoms with Crippen LogP contribution in [0.2, 0.25) is 0 Å². The van der Waals surface area contributed by atoms with Gasteiger partial charge in [0.25, 0.3) is 0 Å². The normalized spacial score (nSPS) is 25.7. The largest absolute Gasteiger partial charge is 0.489 e. The number of benzene rings is 1. The summed E-state index contributed by atoms with van der Waals surface area (Å²) in [7, 11) is 0. The molecule has 1 aromatic rings. The monoisotopic (exact) mass is 240 g/mol. The number of rotatable bonds is 4. The highest BCUT2D eigenvalue weighted by atomic mass is 16.5. The van der Waals surface area contributed by atoms with Crippen molar-refractivity contribution in [3.8, 4) is 5.75 Å². The van der Waals surface area contributed by atoms with Gasteiger partial charge >= 0.3 is 0 Å². The van der Waals surface area contributed by atoms with E-state index in [0.29, 0.717) is 6.61 Å². The molecule has 1 aromatic carbocycles. The first-order valence-electron chi connectivity index (χ1n) is 6.91. The average molecular weight is 240 g/mol. The standard InChI is InChI=1S/C17H20O/c1-13-11-17(13)15-7-9-16(10-8-15)18-12-14-5-3-2-4-6-14/h3,5-10,13,17H,2,4,11-12H2,1H3/t13?,17-/m1/s1. The molecular formula is C17H20O. The fourth-order valence-electron chi connectivity index (χ4n) is 2.54. The van der Waals surface area contributed by atoms with Crippen LogP contribution >= 0.6 is 0 Å². The van der Waals surface area contributed by atoms with Crippen molar-refractivity contribution in [1.29, 1.82) is 0 Å². The number of hydrogen-bond acceptors (Lipinski definition) is 1. The Balaban J connectivity index is 1.56. The lowest BCUT2D eigenvalue weighted by Crippen LogP contribution is -2.01. The van der Waals surface area contributed by atoms with Crippen LogP contribution < -0.4 is 4.74 Å². The second-order valence-electron chi connectivity index (χ2n) is 5.44. The molecule has 1 saturated carbocycles. The summed E-state index contributed by atoms with van der Waals surface area (Å²) in [5.41, 5.74) is 2.76. The Labute approximate surface area is 109 Å². The van der Waals surface area contributed by atoms with E-state index in [1.165, 1.54) is 17.6 Å². The minimum atomic E-state index is 0.690. The van der Waals surface area contributed by atoms with Crippen molar-refractivity contribution in [2.75, 3.05) is 6.61 Å². The Morgan fingerprint density at radius 3 is 2.56 bits per heavy atom. The van der Waals surface area contributed by atoms with Gasteiger partial charge in [0.2, 0.25) is 0 Å². The van der Waals surface area contributed by atoms with Gasteiger partial charge in [-0.15, -0.1) is 0 Å². The van der Waals surface area contributed by atoms with Gasteiger partial charge < -0.3 is 4.74 Å². The smallest absolute Gasteiger partial charge is 0.119 e. The van der Waals surface area contributed by atoms with E-state index in [1.54, 1.807) is 0 Å². The molecule has 0 heterocycles. The first-order valence-corrected chi connectivity index (χ1v) is 6.91. The summed E-state index contributed by atoms with van der Waals surface area (Å²) < 4.78 is 5.81. The highest BCUT2D eigenvalue weighted by Gasteiger charge is 2.33. The minimum absolute atomic E-state index is 0.690. The molecule has 18 heavy (non-hydrogen) atoms. The van der Waals surface area contributed by atoms with Gasteiger partial charge in [0, 0.05) is 0 Å². The molecule has 2 aliphatic carbocycles. The van der Waals surface area contributed by atoms with Crippen LogP contribution in [0.25, 0.3) is 0 Å². The zero-order valence-electron chi connectivity index (χ0n) is 10.9. The van der Waals surface area contributed by atoms with Crippen LogP contribution in [-0.2, 0) is 0 Å². The molecule has 0 aliphatic heterocycles. The third kappa shape index (κ3) is 2.66. The number of hydrogen-bond donors (Lipinski definition) is 0. The van der Waals surface area contributed by atoms with Gasteiger partial charge in [-0.3, -0.25) is 0 Å². The molecule has 1 heteroatoms. The molecular weight excluding hydrogens is 220 g/mol. The van der Waals surface area contributed by atoms with Crippen molar-refractivity contribution < 1.29 is 4.74 Å². The van der Waals surface area contributed by atoms with E-state index < -0.39 is 0 Å². The molecule has 0 radical (unpaired) electrons. The van der Waals surface area contributed by atoms with Crippen LogP contribution in [0.1, 0.15) is 37.7 Å². The molecule has 0 N–H and O–H groups in total. The van der Waals surface area contributed by atoms with Gasteiger partial charge in [0.15, 0.2) is 0 Å². The predicted octanol–water partition coefficient (Wildman–Crippen LogP) is 4.47. The maximum Gasteiger partial charge on any atom is 0.119 e. The summed E-state index contributed by atoms with van der Waals surface area (Å²) in [6, 6.07) is 8.64. The van der Waals surface area contributed by atoms with Crippen LogP contribution in [0.4, 0.5) is 0 Å². The molecule has 0 spiro atoms. The SMILES string of the molecule is CC1C[C@H]1c1ccc(OCC2=CCCC=C2)cc1. The summed E-state index contributed by atoms with van der Waals surface area (Å²) >= 11 is 0. The predicted molar refractivity (Wildman–Crippen MR) is 74.9 cm³/mol. The lowest BCUT2D eigenvalue weighted by molar-refractivity contribution is 0.354. The minimum Gasteiger partial charge on any atom is -0.489 e. The van der Waals surface area contributed by atoms with Gasteiger partial charge in [0.05, 0.1) is 0 Å². The van der Waals surface area contributed by atoms with E-state index in [1.807, 2.05) is 0 Å². The zero-order chi connectivity index (χ0) is 12.4. The molecule has 2 aliphatic rings. The van der Waals surface area contributed by atoms with Crippen LogP contribution in [0.5, 0.6) is 5.75 Å². The lowest BCUT2D eigenvalue weighted by Gasteiger charge is -2.10. The van der Waals surface area contributed by atoms with E-state index in [0.717, 1.165) is 30.4 Å². The molecule has 0 saturated heterocycles. The lowest BCUT2D eigenvalue weighted by atomic mass is 10.1. The molecule has 94 valence electrons. The first kappa shape index (κ1) is 11.6. The quantitative estimate of drug-likeness (QED) is 0.754. The van der Waals surface area contributed by atoms with Crippen molar-refractivity contribution in [3.63, 3.8) is 0 Å². The van der Waals surface area contributed by atoms with E-state index in [9.17, 15) is 0 Å². The molecule has 1 fully saturated rings. The Morgan fingerprint density at radius 1 is 1.17 bits per heavy atom. The average Bonchev–Trinajstić information content (AvgIpc) is 3.15. The maximum absolute atomic E-state index is 5.81. The Morgan fingerprint density at radius 2 is 1.94 bits per heavy atom. The third-order valence-electron chi connectivity index (χ3n) is 3.90. The topological polar surface area (TPSA) is 9.23 Å². The van der Waals surface area contributed by atoms with Gasteiger partial charge in [-0.05, 0) is 54.4 Å². The summed E-state index contributed by atoms with van der Waals surface area (Å²) in [4.78, 5) is 0. The molecule has 1 unspecified atom stereocenters. The molecule has 3 rings (SSSR count). The fraction of sp³-hybridized carbons (Fsp3) is 0.412. The van der Waals surface area contributed by atoms with Crippen LogP contribution in [0.15, 0.2) is 48.1 Å². The van der Waals surface area contributed by atoms with E-state index in [4.69, 9.17) is 4.74 Å². The van der Waals surface area contributed by atoms with Gasteiger partial charge in [-0.2, -0.15) is 0 Å². The third-order valence-corrected chi connectivity index (χ3v) is 3.90. The first-order chi connectivity index (χ1) is 8.83. The summed E-state index contributed by atoms with van der Waals surface area (Å²) in [6.07, 6.45) is 10.3. The van der Waals surface area contributed by atoms with E-state index in [2.05, 4.69) is 49.4 Å². The van der Waals surface area contributed by atoms with Crippen molar-refractivity contribution in [2.24, 2.45) is 5.92 Å². The molecule has 0 amide bonds. The van der Waals surface area contributed by atoms with Crippen molar-refractivity contribution >= 4 is 0 Å². The van der Waals surface area contributed by atoms with Gasteiger partial charge in [0.1, 0.15) is 12.4 Å². The number of allylic oxidation sites excluding steroid dienone is 2. The summed E-state index contributed by atoms with van der Waals surface area (Å²) in [5.74, 6) is 2.64. The number of ether oxygens (including phenoxy) is 1. The maximum atomic E-state index is 5.81. The molecule has 1 nitrogen and oxygen atoms in total. The Kier molecular flexibility index (Phi) is 3.22. The Hall–Kier alpha value is -1.50. The summed E-state index contributed by atoms with van der Waals surface area (Å²) in [5, 5.41) is 0. The van der Waals surface area contributed by atoms with Crippen LogP contribution in [0.3, 0.4) is 0 Å². The van der Waals surface area contributed by atoms with Gasteiger partial charge in [-0.25, -0.2) is 0 Å². The van der Waals surface area contributed by atoms with Crippen LogP contribution in [0, 0.1) is 5.92 Å². The highest BCUT2D eigenvalue weighted by Crippen LogP contribution is 2.47. The van der Waals surface area contributed by atoms with E-state index in [-0.39, 0.29) is 0 Å². The second kappa shape index (κ2) is 5.01. The molecule has 0 aromatic heterocycles. The van der Waals surface area contributed by atoms with E-state index >= 15 is 0 Å². The molecule has 2 atom stereocenters. The van der Waals surface area contributed by atoms with Crippen molar-refractivity contribution in [1.82, 2.24) is 0 Å². The highest BCUT2D eigenvalue weighted by molar-refractivity contribution is 5.33. The molecule has 0 bridgehead atoms. The van der Waals surface area contributed by atoms with Gasteiger partial charge in [-0.1, -0.05) is 37.3 Å². The van der Waals surface area contributed by atoms with Crippen molar-refractivity contribution in [3.05, 3.63) is 53.6 Å². The zero-order valence-corrected chi connectivity index (χ0v) is 10.9. The Bertz CT molecular complexity index is 467. The van der Waals surface area contributed by atoms with Crippen LogP contribution in [-0.4, -0.2) is 6.61 Å². The van der Waals surface area contributed by atoms with Crippen molar-refractivity contribution in [2.45, 2.75) is 32.1 Å². The second-order valence-corrected chi connectivity index (χ2v) is 5.44.